The van der Waals surface area contributed by atoms with Crippen LogP contribution in [0.2, 0.25) is 0 Å². The van der Waals surface area contributed by atoms with Gasteiger partial charge >= 0.3 is 0 Å². The molecular formula is C18H17N5S. The summed E-state index contributed by atoms with van der Waals surface area (Å²) in [6, 6.07) is 8.15. The van der Waals surface area contributed by atoms with Crippen molar-refractivity contribution in [3.63, 3.8) is 0 Å². The van der Waals surface area contributed by atoms with Crippen LogP contribution < -0.4 is 5.32 Å². The summed E-state index contributed by atoms with van der Waals surface area (Å²) in [5.41, 5.74) is 4.23. The van der Waals surface area contributed by atoms with Crippen LogP contribution in [0.3, 0.4) is 0 Å². The molecule has 5 nitrogen and oxygen atoms in total. The van der Waals surface area contributed by atoms with Crippen LogP contribution in [0.4, 0.5) is 5.82 Å². The summed E-state index contributed by atoms with van der Waals surface area (Å²) in [5.74, 6) is 0.842. The first-order chi connectivity index (χ1) is 11.7. The van der Waals surface area contributed by atoms with Crippen LogP contribution in [0.25, 0.3) is 21.5 Å². The summed E-state index contributed by atoms with van der Waals surface area (Å²) in [5, 5.41) is 5.59. The van der Waals surface area contributed by atoms with Gasteiger partial charge in [-0.1, -0.05) is 6.07 Å². The van der Waals surface area contributed by atoms with E-state index in [0.29, 0.717) is 6.54 Å². The highest BCUT2D eigenvalue weighted by Crippen LogP contribution is 2.35. The number of anilines is 1. The van der Waals surface area contributed by atoms with E-state index >= 15 is 0 Å². The van der Waals surface area contributed by atoms with E-state index in [1.54, 1.807) is 17.5 Å². The maximum atomic E-state index is 4.67. The Morgan fingerprint density at radius 2 is 2.12 bits per heavy atom. The van der Waals surface area contributed by atoms with Gasteiger partial charge < -0.3 is 10.3 Å². The first-order valence-electron chi connectivity index (χ1n) is 7.76. The van der Waals surface area contributed by atoms with Crippen LogP contribution in [0.5, 0.6) is 0 Å². The van der Waals surface area contributed by atoms with E-state index in [9.17, 15) is 0 Å². The maximum Gasteiger partial charge on any atom is 0.140 e. The fourth-order valence-electron chi connectivity index (χ4n) is 2.79. The average Bonchev–Trinajstić information content (AvgIpc) is 3.19. The third-order valence-corrected chi connectivity index (χ3v) is 4.98. The van der Waals surface area contributed by atoms with Gasteiger partial charge in [-0.15, -0.1) is 11.3 Å². The molecule has 4 aromatic rings. The number of H-pyrrole nitrogens is 1. The average molecular weight is 335 g/mol. The Kier molecular flexibility index (Phi) is 3.74. The zero-order chi connectivity index (χ0) is 16.5. The molecule has 4 heterocycles. The molecule has 4 aromatic heterocycles. The van der Waals surface area contributed by atoms with E-state index in [1.807, 2.05) is 31.5 Å². The lowest BCUT2D eigenvalue weighted by molar-refractivity contribution is 1.09. The Hall–Kier alpha value is -2.73. The minimum absolute atomic E-state index is 0.688. The highest BCUT2D eigenvalue weighted by Gasteiger charge is 2.14. The van der Waals surface area contributed by atoms with Gasteiger partial charge in [0.2, 0.25) is 0 Å². The Bertz CT molecular complexity index is 987. The number of pyridine rings is 2. The number of nitrogens with zero attached hydrogens (tertiary/aromatic N) is 3. The van der Waals surface area contributed by atoms with E-state index in [-0.39, 0.29) is 0 Å². The summed E-state index contributed by atoms with van der Waals surface area (Å²) < 4.78 is 0. The molecule has 24 heavy (non-hydrogen) atoms. The molecule has 0 bridgehead atoms. The van der Waals surface area contributed by atoms with E-state index in [0.717, 1.165) is 38.7 Å². The second-order valence-corrected chi connectivity index (χ2v) is 6.86. The summed E-state index contributed by atoms with van der Waals surface area (Å²) in [6.07, 6.45) is 5.56. The Balaban J connectivity index is 1.74. The highest BCUT2D eigenvalue weighted by molar-refractivity contribution is 7.15. The van der Waals surface area contributed by atoms with Gasteiger partial charge in [0.05, 0.1) is 15.6 Å². The maximum absolute atomic E-state index is 4.67. The molecule has 0 fully saturated rings. The number of nitrogens with one attached hydrogen (secondary N) is 2. The monoisotopic (exact) mass is 335 g/mol. The van der Waals surface area contributed by atoms with E-state index < -0.39 is 0 Å². The number of hydrogen-bond donors (Lipinski definition) is 2. The molecule has 0 spiro atoms. The van der Waals surface area contributed by atoms with Crippen molar-refractivity contribution in [2.75, 3.05) is 5.32 Å². The Morgan fingerprint density at radius 1 is 1.21 bits per heavy atom. The van der Waals surface area contributed by atoms with Crippen LogP contribution in [0, 0.1) is 13.8 Å². The van der Waals surface area contributed by atoms with Gasteiger partial charge in [-0.2, -0.15) is 0 Å². The predicted octanol–water partition coefficient (Wildman–Crippen LogP) is 4.31. The van der Waals surface area contributed by atoms with Crippen LogP contribution in [0.15, 0.2) is 42.9 Å². The number of fused-ring (bicyclic) bond motifs is 1. The van der Waals surface area contributed by atoms with Crippen molar-refractivity contribution in [2.24, 2.45) is 0 Å². The number of thiazole rings is 1. The van der Waals surface area contributed by atoms with Crippen molar-refractivity contribution >= 4 is 28.2 Å². The molecule has 0 aliphatic heterocycles. The van der Waals surface area contributed by atoms with Gasteiger partial charge in [0, 0.05) is 36.1 Å². The largest absolute Gasteiger partial charge is 0.366 e. The van der Waals surface area contributed by atoms with E-state index in [2.05, 4.69) is 44.3 Å². The van der Waals surface area contributed by atoms with E-state index in [1.165, 1.54) is 4.88 Å². The molecule has 0 aliphatic rings. The first kappa shape index (κ1) is 14.8. The number of rotatable bonds is 4. The number of hydrogen-bond acceptors (Lipinski definition) is 5. The molecule has 0 atom stereocenters. The lowest BCUT2D eigenvalue weighted by Gasteiger charge is -2.09. The summed E-state index contributed by atoms with van der Waals surface area (Å²) in [7, 11) is 0. The SMILES string of the molecule is Cc1nc(C)c(-c2cc(NCc3cccnc3)nc3[nH]ccc23)s1. The molecule has 0 unspecified atom stereocenters. The van der Waals surface area contributed by atoms with Crippen LogP contribution in [-0.4, -0.2) is 19.9 Å². The van der Waals surface area contributed by atoms with Crippen molar-refractivity contribution in [2.45, 2.75) is 20.4 Å². The molecular weight excluding hydrogens is 318 g/mol. The predicted molar refractivity (Wildman–Crippen MR) is 98.2 cm³/mol. The molecule has 2 N–H and O–H groups in total. The Morgan fingerprint density at radius 3 is 2.88 bits per heavy atom. The van der Waals surface area contributed by atoms with Crippen molar-refractivity contribution < 1.29 is 0 Å². The zero-order valence-corrected chi connectivity index (χ0v) is 14.3. The molecule has 0 aromatic carbocycles. The lowest BCUT2D eigenvalue weighted by atomic mass is 10.1. The fourth-order valence-corrected chi connectivity index (χ4v) is 3.74. The van der Waals surface area contributed by atoms with Gasteiger partial charge in [0.25, 0.3) is 0 Å². The topological polar surface area (TPSA) is 66.5 Å². The fraction of sp³-hybridized carbons (Fsp3) is 0.167. The van der Waals surface area contributed by atoms with Crippen LogP contribution in [0.1, 0.15) is 16.3 Å². The standard InChI is InChI=1S/C18H17N5S/c1-11-17(24-12(2)22-11)15-8-16(23-18-14(15)5-7-20-18)21-10-13-4-3-6-19-9-13/h3-9H,10H2,1-2H3,(H2,20,21,23). The van der Waals surface area contributed by atoms with Gasteiger partial charge in [-0.25, -0.2) is 9.97 Å². The quantitative estimate of drug-likeness (QED) is 0.583. The number of aromatic amines is 1. The molecule has 0 amide bonds. The molecule has 0 saturated heterocycles. The minimum Gasteiger partial charge on any atom is -0.366 e. The molecule has 4 rings (SSSR count). The second-order valence-electron chi connectivity index (χ2n) is 5.66. The van der Waals surface area contributed by atoms with E-state index in [4.69, 9.17) is 0 Å². The molecule has 0 radical (unpaired) electrons. The molecule has 120 valence electrons. The zero-order valence-electron chi connectivity index (χ0n) is 13.5. The second kappa shape index (κ2) is 6.05. The smallest absolute Gasteiger partial charge is 0.140 e. The van der Waals surface area contributed by atoms with Gasteiger partial charge in [-0.05, 0) is 37.6 Å². The van der Waals surface area contributed by atoms with Crippen molar-refractivity contribution in [1.29, 1.82) is 0 Å². The van der Waals surface area contributed by atoms with Gasteiger partial charge in [-0.3, -0.25) is 4.98 Å². The van der Waals surface area contributed by atoms with Crippen molar-refractivity contribution in [1.82, 2.24) is 19.9 Å². The van der Waals surface area contributed by atoms with Crippen LogP contribution >= 0.6 is 11.3 Å². The first-order valence-corrected chi connectivity index (χ1v) is 8.57. The minimum atomic E-state index is 0.688. The van der Waals surface area contributed by atoms with Crippen LogP contribution in [-0.2, 0) is 6.54 Å². The summed E-state index contributed by atoms with van der Waals surface area (Å²) in [4.78, 5) is 17.8. The molecule has 0 aliphatic carbocycles. The van der Waals surface area contributed by atoms with Crippen molar-refractivity contribution in [3.8, 4) is 10.4 Å². The Labute approximate surface area is 143 Å². The van der Waals surface area contributed by atoms with Gasteiger partial charge in [0.15, 0.2) is 0 Å². The highest BCUT2D eigenvalue weighted by atomic mass is 32.1. The lowest BCUT2D eigenvalue weighted by Crippen LogP contribution is -2.02. The summed E-state index contributed by atoms with van der Waals surface area (Å²) >= 11 is 1.72. The normalized spacial score (nSPS) is 11.1. The number of aryl methyl sites for hydroxylation is 2. The third kappa shape index (κ3) is 2.76. The van der Waals surface area contributed by atoms with Gasteiger partial charge in [0.1, 0.15) is 11.5 Å². The summed E-state index contributed by atoms with van der Waals surface area (Å²) in [6.45, 7) is 4.78. The van der Waals surface area contributed by atoms with Crippen molar-refractivity contribution in [3.05, 3.63) is 59.1 Å². The third-order valence-electron chi connectivity index (χ3n) is 3.87. The molecule has 6 heteroatoms. The molecule has 0 saturated carbocycles. The number of aromatic nitrogens is 4.